The van der Waals surface area contributed by atoms with Crippen LogP contribution in [0.2, 0.25) is 0 Å². The smallest absolute Gasteiger partial charge is 0.228 e. The number of pyridine rings is 1. The fraction of sp³-hybridized carbons (Fsp3) is 0.381. The first-order valence-corrected chi connectivity index (χ1v) is 9.62. The lowest BCUT2D eigenvalue weighted by Crippen LogP contribution is -2.40. The normalized spacial score (nSPS) is 17.9. The summed E-state index contributed by atoms with van der Waals surface area (Å²) in [6.07, 6.45) is 5.34. The van der Waals surface area contributed by atoms with Gasteiger partial charge in [-0.05, 0) is 50.6 Å². The summed E-state index contributed by atoms with van der Waals surface area (Å²) in [4.78, 5) is 23.9. The number of carbonyl (C=O) groups excluding carboxylic acids is 1. The highest BCUT2D eigenvalue weighted by molar-refractivity contribution is 5.92. The summed E-state index contributed by atoms with van der Waals surface area (Å²) in [5.41, 5.74) is 2.97. The summed E-state index contributed by atoms with van der Waals surface area (Å²) < 4.78 is 2.27. The van der Waals surface area contributed by atoms with E-state index in [1.54, 1.807) is 12.4 Å². The summed E-state index contributed by atoms with van der Waals surface area (Å²) in [5.74, 6) is 1.15. The summed E-state index contributed by atoms with van der Waals surface area (Å²) in [5, 5.41) is 2.99. The van der Waals surface area contributed by atoms with Crippen LogP contribution in [0.5, 0.6) is 0 Å². The molecule has 4 rings (SSSR count). The zero-order chi connectivity index (χ0) is 18.6. The lowest BCUT2D eigenvalue weighted by atomic mass is 9.97. The molecule has 6 heteroatoms. The molecular formula is C21H25N5O. The molecule has 0 saturated carbocycles. The maximum atomic E-state index is 12.6. The number of amides is 1. The minimum absolute atomic E-state index is 0.00147. The first-order chi connectivity index (χ1) is 13.2. The molecule has 1 atom stereocenters. The van der Waals surface area contributed by atoms with Crippen LogP contribution in [0.1, 0.15) is 25.6 Å². The minimum atomic E-state index is -0.00147. The Morgan fingerprint density at radius 2 is 2.15 bits per heavy atom. The predicted molar refractivity (Wildman–Crippen MR) is 106 cm³/mol. The first kappa shape index (κ1) is 17.7. The van der Waals surface area contributed by atoms with Crippen molar-refractivity contribution in [1.82, 2.24) is 19.4 Å². The van der Waals surface area contributed by atoms with Gasteiger partial charge in [-0.3, -0.25) is 14.7 Å². The van der Waals surface area contributed by atoms with Crippen molar-refractivity contribution in [3.05, 3.63) is 54.6 Å². The van der Waals surface area contributed by atoms with Crippen LogP contribution in [0.3, 0.4) is 0 Å². The van der Waals surface area contributed by atoms with Crippen molar-refractivity contribution >= 4 is 22.6 Å². The molecule has 1 amide bonds. The number of aryl methyl sites for hydroxylation is 1. The van der Waals surface area contributed by atoms with Gasteiger partial charge < -0.3 is 9.88 Å². The highest BCUT2D eigenvalue weighted by Gasteiger charge is 2.27. The van der Waals surface area contributed by atoms with Gasteiger partial charge in [0.25, 0.3) is 0 Å². The molecule has 1 fully saturated rings. The zero-order valence-electron chi connectivity index (χ0n) is 15.6. The molecule has 0 radical (unpaired) electrons. The van der Waals surface area contributed by atoms with Gasteiger partial charge in [-0.15, -0.1) is 0 Å². The van der Waals surface area contributed by atoms with Crippen LogP contribution in [0.4, 0.5) is 5.69 Å². The van der Waals surface area contributed by atoms with Crippen LogP contribution in [-0.2, 0) is 17.9 Å². The minimum Gasteiger partial charge on any atom is -0.327 e. The molecule has 1 aromatic carbocycles. The molecule has 0 spiro atoms. The van der Waals surface area contributed by atoms with E-state index in [-0.39, 0.29) is 11.8 Å². The molecule has 1 N–H and O–H groups in total. The second kappa shape index (κ2) is 7.88. The lowest BCUT2D eigenvalue weighted by Gasteiger charge is -2.31. The molecule has 1 saturated heterocycles. The van der Waals surface area contributed by atoms with E-state index in [1.165, 1.54) is 5.52 Å². The van der Waals surface area contributed by atoms with E-state index in [0.717, 1.165) is 56.0 Å². The number of imidazole rings is 1. The monoisotopic (exact) mass is 363 g/mol. The van der Waals surface area contributed by atoms with Crippen molar-refractivity contribution in [2.75, 3.05) is 18.4 Å². The number of piperidine rings is 1. The molecule has 0 unspecified atom stereocenters. The largest absolute Gasteiger partial charge is 0.327 e. The van der Waals surface area contributed by atoms with Gasteiger partial charge in [0.15, 0.2) is 0 Å². The molecule has 2 aromatic heterocycles. The number of para-hydroxylation sites is 2. The Balaban J connectivity index is 1.45. The van der Waals surface area contributed by atoms with E-state index in [2.05, 4.69) is 44.9 Å². The van der Waals surface area contributed by atoms with Crippen LogP contribution < -0.4 is 5.32 Å². The van der Waals surface area contributed by atoms with Gasteiger partial charge in [0, 0.05) is 19.3 Å². The van der Waals surface area contributed by atoms with Crippen molar-refractivity contribution < 1.29 is 4.79 Å². The van der Waals surface area contributed by atoms with Gasteiger partial charge in [0.05, 0.1) is 35.4 Å². The second-order valence-corrected chi connectivity index (χ2v) is 7.07. The number of hydrogen-bond donors (Lipinski definition) is 1. The average Bonchev–Trinajstić information content (AvgIpc) is 3.06. The number of anilines is 1. The third-order valence-corrected chi connectivity index (χ3v) is 5.22. The Morgan fingerprint density at radius 1 is 1.26 bits per heavy atom. The Kier molecular flexibility index (Phi) is 5.16. The molecule has 27 heavy (non-hydrogen) atoms. The van der Waals surface area contributed by atoms with Crippen molar-refractivity contribution in [1.29, 1.82) is 0 Å². The molecule has 3 heterocycles. The second-order valence-electron chi connectivity index (χ2n) is 7.07. The highest BCUT2D eigenvalue weighted by Crippen LogP contribution is 2.22. The van der Waals surface area contributed by atoms with Crippen molar-refractivity contribution in [3.8, 4) is 0 Å². The third kappa shape index (κ3) is 3.85. The topological polar surface area (TPSA) is 63.1 Å². The SMILES string of the molecule is CCn1c(CN2CCC[C@H](C(=O)Nc3cccnc3)C2)nc2ccccc21. The maximum Gasteiger partial charge on any atom is 0.228 e. The van der Waals surface area contributed by atoms with E-state index in [1.807, 2.05) is 18.2 Å². The highest BCUT2D eigenvalue weighted by atomic mass is 16.1. The number of carbonyl (C=O) groups is 1. The molecule has 0 aliphatic carbocycles. The third-order valence-electron chi connectivity index (χ3n) is 5.22. The van der Waals surface area contributed by atoms with Gasteiger partial charge in [-0.2, -0.15) is 0 Å². The summed E-state index contributed by atoms with van der Waals surface area (Å²) >= 11 is 0. The first-order valence-electron chi connectivity index (χ1n) is 9.62. The standard InChI is InChI=1S/C21H25N5O/c1-2-26-19-10-4-3-9-18(19)24-20(26)15-25-12-6-7-16(14-25)21(27)23-17-8-5-11-22-13-17/h3-5,8-11,13,16H,2,6-7,12,14-15H2,1H3,(H,23,27)/t16-/m0/s1. The summed E-state index contributed by atoms with van der Waals surface area (Å²) in [6.45, 7) is 5.59. The number of benzene rings is 1. The van der Waals surface area contributed by atoms with Crippen molar-refractivity contribution in [3.63, 3.8) is 0 Å². The van der Waals surface area contributed by atoms with Gasteiger partial charge >= 0.3 is 0 Å². The number of hydrogen-bond acceptors (Lipinski definition) is 4. The number of nitrogens with one attached hydrogen (secondary N) is 1. The Bertz CT molecular complexity index is 921. The van der Waals surface area contributed by atoms with Crippen molar-refractivity contribution in [2.24, 2.45) is 5.92 Å². The van der Waals surface area contributed by atoms with Crippen molar-refractivity contribution in [2.45, 2.75) is 32.9 Å². The van der Waals surface area contributed by atoms with E-state index in [0.29, 0.717) is 0 Å². The van der Waals surface area contributed by atoms with E-state index in [9.17, 15) is 4.79 Å². The summed E-state index contributed by atoms with van der Waals surface area (Å²) in [6, 6.07) is 12.0. The lowest BCUT2D eigenvalue weighted by molar-refractivity contribution is -0.121. The average molecular weight is 363 g/mol. The quantitative estimate of drug-likeness (QED) is 0.755. The zero-order valence-corrected chi connectivity index (χ0v) is 15.6. The molecular weight excluding hydrogens is 338 g/mol. The van der Waals surface area contributed by atoms with Crippen LogP contribution in [0.15, 0.2) is 48.8 Å². The maximum absolute atomic E-state index is 12.6. The van der Waals surface area contributed by atoms with Crippen LogP contribution in [0.25, 0.3) is 11.0 Å². The van der Waals surface area contributed by atoms with E-state index < -0.39 is 0 Å². The summed E-state index contributed by atoms with van der Waals surface area (Å²) in [7, 11) is 0. The molecule has 3 aromatic rings. The number of likely N-dealkylation sites (tertiary alicyclic amines) is 1. The molecule has 1 aliphatic rings. The van der Waals surface area contributed by atoms with E-state index >= 15 is 0 Å². The number of rotatable bonds is 5. The Labute approximate surface area is 159 Å². The molecule has 6 nitrogen and oxygen atoms in total. The molecule has 140 valence electrons. The molecule has 0 bridgehead atoms. The van der Waals surface area contributed by atoms with Gasteiger partial charge in [-0.1, -0.05) is 12.1 Å². The fourth-order valence-electron chi connectivity index (χ4n) is 3.89. The Hall–Kier alpha value is -2.73. The van der Waals surface area contributed by atoms with Crippen LogP contribution >= 0.6 is 0 Å². The number of fused-ring (bicyclic) bond motifs is 1. The van der Waals surface area contributed by atoms with Crippen LogP contribution in [-0.4, -0.2) is 38.4 Å². The molecule has 1 aliphatic heterocycles. The number of aromatic nitrogens is 3. The van der Waals surface area contributed by atoms with E-state index in [4.69, 9.17) is 4.98 Å². The number of nitrogens with zero attached hydrogens (tertiary/aromatic N) is 4. The van der Waals surface area contributed by atoms with Crippen LogP contribution in [0, 0.1) is 5.92 Å². The van der Waals surface area contributed by atoms with Gasteiger partial charge in [0.1, 0.15) is 5.82 Å². The fourth-order valence-corrected chi connectivity index (χ4v) is 3.89. The Morgan fingerprint density at radius 3 is 2.96 bits per heavy atom. The van der Waals surface area contributed by atoms with Gasteiger partial charge in [-0.25, -0.2) is 4.98 Å². The van der Waals surface area contributed by atoms with Gasteiger partial charge in [0.2, 0.25) is 5.91 Å². The predicted octanol–water partition coefficient (Wildman–Crippen LogP) is 3.30.